The van der Waals surface area contributed by atoms with Crippen LogP contribution in [0.4, 0.5) is 24.8 Å². The van der Waals surface area contributed by atoms with Gasteiger partial charge in [-0.1, -0.05) is 0 Å². The fourth-order valence-electron chi connectivity index (χ4n) is 1.63. The molecule has 0 aliphatic carbocycles. The van der Waals surface area contributed by atoms with Gasteiger partial charge in [-0.25, -0.2) is 9.97 Å². The van der Waals surface area contributed by atoms with Crippen LogP contribution in [0.3, 0.4) is 0 Å². The highest BCUT2D eigenvalue weighted by molar-refractivity contribution is 5.50. The summed E-state index contributed by atoms with van der Waals surface area (Å²) in [5, 5.41) is 0. The summed E-state index contributed by atoms with van der Waals surface area (Å²) < 4.78 is 37.0. The van der Waals surface area contributed by atoms with Gasteiger partial charge in [0.25, 0.3) is 0 Å². The SMILES string of the molecule is CN(C)c1cc(N2CC(C(F)(F)F)C2)ncn1. The molecular formula is C10H13F3N4. The number of halogens is 3. The van der Waals surface area contributed by atoms with Crippen molar-refractivity contribution >= 4 is 11.6 Å². The Morgan fingerprint density at radius 3 is 2.47 bits per heavy atom. The van der Waals surface area contributed by atoms with Gasteiger partial charge in [-0.15, -0.1) is 0 Å². The molecule has 0 spiro atoms. The Morgan fingerprint density at radius 1 is 1.29 bits per heavy atom. The normalized spacial score (nSPS) is 16.9. The molecule has 1 aromatic rings. The zero-order valence-corrected chi connectivity index (χ0v) is 9.57. The molecule has 94 valence electrons. The zero-order valence-electron chi connectivity index (χ0n) is 9.57. The van der Waals surface area contributed by atoms with Crippen molar-refractivity contribution in [1.29, 1.82) is 0 Å². The molecule has 0 amide bonds. The second kappa shape index (κ2) is 4.05. The van der Waals surface area contributed by atoms with Crippen molar-refractivity contribution in [3.8, 4) is 0 Å². The van der Waals surface area contributed by atoms with Crippen molar-refractivity contribution < 1.29 is 13.2 Å². The monoisotopic (exact) mass is 246 g/mol. The maximum Gasteiger partial charge on any atom is 0.395 e. The fourth-order valence-corrected chi connectivity index (χ4v) is 1.63. The Kier molecular flexibility index (Phi) is 2.84. The molecule has 0 unspecified atom stereocenters. The van der Waals surface area contributed by atoms with Crippen LogP contribution in [0.2, 0.25) is 0 Å². The summed E-state index contributed by atoms with van der Waals surface area (Å²) in [6.07, 6.45) is -2.74. The Bertz CT molecular complexity index is 399. The number of aromatic nitrogens is 2. The quantitative estimate of drug-likeness (QED) is 0.792. The van der Waals surface area contributed by atoms with Crippen LogP contribution < -0.4 is 9.80 Å². The molecule has 7 heteroatoms. The van der Waals surface area contributed by atoms with Gasteiger partial charge in [-0.3, -0.25) is 0 Å². The minimum atomic E-state index is -4.10. The Hall–Kier alpha value is -1.53. The van der Waals surface area contributed by atoms with E-state index in [9.17, 15) is 13.2 Å². The molecule has 0 saturated carbocycles. The highest BCUT2D eigenvalue weighted by Gasteiger charge is 2.47. The molecule has 1 aromatic heterocycles. The molecule has 0 atom stereocenters. The molecular weight excluding hydrogens is 233 g/mol. The average Bonchev–Trinajstić information content (AvgIpc) is 2.13. The molecule has 2 rings (SSSR count). The van der Waals surface area contributed by atoms with Gasteiger partial charge < -0.3 is 9.80 Å². The molecule has 0 bridgehead atoms. The molecule has 1 aliphatic heterocycles. The van der Waals surface area contributed by atoms with E-state index in [-0.39, 0.29) is 13.1 Å². The van der Waals surface area contributed by atoms with Gasteiger partial charge in [0.05, 0.1) is 5.92 Å². The van der Waals surface area contributed by atoms with Crippen LogP contribution >= 0.6 is 0 Å². The number of alkyl halides is 3. The minimum absolute atomic E-state index is 0.0205. The van der Waals surface area contributed by atoms with E-state index >= 15 is 0 Å². The molecule has 17 heavy (non-hydrogen) atoms. The lowest BCUT2D eigenvalue weighted by molar-refractivity contribution is -0.180. The van der Waals surface area contributed by atoms with Crippen molar-refractivity contribution in [2.75, 3.05) is 37.0 Å². The number of hydrogen-bond donors (Lipinski definition) is 0. The van der Waals surface area contributed by atoms with Crippen LogP contribution in [-0.2, 0) is 0 Å². The lowest BCUT2D eigenvalue weighted by atomic mass is 10.00. The first-order valence-electron chi connectivity index (χ1n) is 5.19. The van der Waals surface area contributed by atoms with E-state index in [1.54, 1.807) is 15.9 Å². The maximum atomic E-state index is 12.3. The van der Waals surface area contributed by atoms with Gasteiger partial charge >= 0.3 is 6.18 Å². The van der Waals surface area contributed by atoms with Gasteiger partial charge in [0.15, 0.2) is 0 Å². The summed E-state index contributed by atoms with van der Waals surface area (Å²) in [6.45, 7) is -0.0409. The summed E-state index contributed by atoms with van der Waals surface area (Å²) in [4.78, 5) is 11.4. The van der Waals surface area contributed by atoms with Crippen molar-refractivity contribution in [2.45, 2.75) is 6.18 Å². The lowest BCUT2D eigenvalue weighted by Crippen LogP contribution is -2.53. The first-order valence-corrected chi connectivity index (χ1v) is 5.19. The van der Waals surface area contributed by atoms with Gasteiger partial charge in [-0.2, -0.15) is 13.2 Å². The van der Waals surface area contributed by atoms with Crippen LogP contribution in [0.15, 0.2) is 12.4 Å². The largest absolute Gasteiger partial charge is 0.395 e. The predicted octanol–water partition coefficient (Wildman–Crippen LogP) is 1.54. The number of hydrogen-bond acceptors (Lipinski definition) is 4. The van der Waals surface area contributed by atoms with Gasteiger partial charge in [0.1, 0.15) is 18.0 Å². The van der Waals surface area contributed by atoms with Crippen molar-refractivity contribution in [3.63, 3.8) is 0 Å². The van der Waals surface area contributed by atoms with Gasteiger partial charge in [-0.05, 0) is 0 Å². The van der Waals surface area contributed by atoms with E-state index in [1.165, 1.54) is 6.33 Å². The molecule has 0 aromatic carbocycles. The van der Waals surface area contributed by atoms with E-state index in [2.05, 4.69) is 9.97 Å². The molecule has 0 radical (unpaired) electrons. The van der Waals surface area contributed by atoms with Gasteiger partial charge in [0, 0.05) is 33.3 Å². The topological polar surface area (TPSA) is 32.3 Å². The first-order chi connectivity index (χ1) is 7.88. The Morgan fingerprint density at radius 2 is 1.94 bits per heavy atom. The third kappa shape index (κ3) is 2.42. The van der Waals surface area contributed by atoms with Crippen LogP contribution in [0, 0.1) is 5.92 Å². The zero-order chi connectivity index (χ0) is 12.6. The van der Waals surface area contributed by atoms with Crippen molar-refractivity contribution in [1.82, 2.24) is 9.97 Å². The van der Waals surface area contributed by atoms with Crippen molar-refractivity contribution in [3.05, 3.63) is 12.4 Å². The Balaban J connectivity index is 2.04. The smallest absolute Gasteiger partial charge is 0.363 e. The van der Waals surface area contributed by atoms with Crippen LogP contribution in [0.1, 0.15) is 0 Å². The van der Waals surface area contributed by atoms with E-state index in [4.69, 9.17) is 0 Å². The summed E-state index contributed by atoms with van der Waals surface area (Å²) in [7, 11) is 3.64. The highest BCUT2D eigenvalue weighted by Crippen LogP contribution is 2.35. The Labute approximate surface area is 97.1 Å². The summed E-state index contributed by atoms with van der Waals surface area (Å²) in [5.41, 5.74) is 0. The van der Waals surface area contributed by atoms with Crippen molar-refractivity contribution in [2.24, 2.45) is 5.92 Å². The molecule has 0 N–H and O–H groups in total. The second-order valence-electron chi connectivity index (χ2n) is 4.27. The van der Waals surface area contributed by atoms with Crippen LogP contribution in [0.5, 0.6) is 0 Å². The standard InChI is InChI=1S/C10H13F3N4/c1-16(2)8-3-9(15-6-14-8)17-4-7(5-17)10(11,12)13/h3,6-7H,4-5H2,1-2H3. The highest BCUT2D eigenvalue weighted by atomic mass is 19.4. The van der Waals surface area contributed by atoms with Crippen LogP contribution in [-0.4, -0.2) is 43.3 Å². The number of rotatable bonds is 2. The molecule has 1 aliphatic rings. The average molecular weight is 246 g/mol. The molecule has 2 heterocycles. The lowest BCUT2D eigenvalue weighted by Gasteiger charge is -2.40. The summed E-state index contributed by atoms with van der Waals surface area (Å²) in [5.74, 6) is -0.00469. The fraction of sp³-hybridized carbons (Fsp3) is 0.600. The third-order valence-corrected chi connectivity index (χ3v) is 2.76. The third-order valence-electron chi connectivity index (χ3n) is 2.76. The minimum Gasteiger partial charge on any atom is -0.363 e. The molecule has 1 saturated heterocycles. The van der Waals surface area contributed by atoms with Gasteiger partial charge in [0.2, 0.25) is 0 Å². The predicted molar refractivity (Wildman–Crippen MR) is 58.1 cm³/mol. The second-order valence-corrected chi connectivity index (χ2v) is 4.27. The van der Waals surface area contributed by atoms with E-state index in [1.807, 2.05) is 14.1 Å². The van der Waals surface area contributed by atoms with E-state index < -0.39 is 12.1 Å². The van der Waals surface area contributed by atoms with E-state index in [0.29, 0.717) is 11.6 Å². The maximum absolute atomic E-state index is 12.3. The molecule has 4 nitrogen and oxygen atoms in total. The summed E-state index contributed by atoms with van der Waals surface area (Å²) >= 11 is 0. The summed E-state index contributed by atoms with van der Waals surface area (Å²) in [6, 6.07) is 1.69. The number of anilines is 2. The first kappa shape index (κ1) is 11.9. The van der Waals surface area contributed by atoms with Crippen LogP contribution in [0.25, 0.3) is 0 Å². The van der Waals surface area contributed by atoms with E-state index in [0.717, 1.165) is 0 Å². The molecule has 1 fully saturated rings. The number of nitrogens with zero attached hydrogens (tertiary/aromatic N) is 4.